The Kier molecular flexibility index (Phi) is 6.39. The highest BCUT2D eigenvalue weighted by atomic mass is 16.5. The molecular formula is C18H18N2O2. The lowest BCUT2D eigenvalue weighted by molar-refractivity contribution is 0.237. The highest BCUT2D eigenvalue weighted by molar-refractivity contribution is 5.74. The van der Waals surface area contributed by atoms with Gasteiger partial charge in [-0.2, -0.15) is 0 Å². The van der Waals surface area contributed by atoms with E-state index in [2.05, 4.69) is 22.5 Å². The van der Waals surface area contributed by atoms with Gasteiger partial charge >= 0.3 is 6.03 Å². The summed E-state index contributed by atoms with van der Waals surface area (Å²) in [6.45, 7) is 1.17. The van der Waals surface area contributed by atoms with E-state index in [-0.39, 0.29) is 6.03 Å². The zero-order valence-electron chi connectivity index (χ0n) is 12.2. The first kappa shape index (κ1) is 15.5. The fourth-order valence-corrected chi connectivity index (χ4v) is 1.70. The van der Waals surface area contributed by atoms with E-state index in [1.54, 1.807) is 0 Å². The Bertz CT molecular complexity index is 630. The Balaban J connectivity index is 1.58. The molecular weight excluding hydrogens is 276 g/mol. The van der Waals surface area contributed by atoms with Crippen LogP contribution in [0.5, 0.6) is 5.75 Å². The summed E-state index contributed by atoms with van der Waals surface area (Å²) in [4.78, 5) is 11.5. The molecule has 22 heavy (non-hydrogen) atoms. The molecule has 0 aliphatic carbocycles. The monoisotopic (exact) mass is 294 g/mol. The topological polar surface area (TPSA) is 50.4 Å². The maximum Gasteiger partial charge on any atom is 0.315 e. The summed E-state index contributed by atoms with van der Waals surface area (Å²) in [5.74, 6) is 6.66. The highest BCUT2D eigenvalue weighted by Gasteiger charge is 1.97. The van der Waals surface area contributed by atoms with Crippen LogP contribution in [0.15, 0.2) is 60.7 Å². The van der Waals surface area contributed by atoms with Crippen molar-refractivity contribution in [2.45, 2.75) is 0 Å². The summed E-state index contributed by atoms with van der Waals surface area (Å²) in [5.41, 5.74) is 0.931. The Morgan fingerprint density at radius 2 is 1.64 bits per heavy atom. The van der Waals surface area contributed by atoms with Crippen LogP contribution in [0, 0.1) is 11.8 Å². The van der Waals surface area contributed by atoms with Crippen LogP contribution in [0.25, 0.3) is 0 Å². The second-order valence-electron chi connectivity index (χ2n) is 4.44. The number of carbonyl (C=O) groups excluding carboxylic acids is 1. The maximum atomic E-state index is 11.5. The van der Waals surface area contributed by atoms with Gasteiger partial charge in [0.1, 0.15) is 12.4 Å². The van der Waals surface area contributed by atoms with Gasteiger partial charge in [-0.1, -0.05) is 48.2 Å². The fourth-order valence-electron chi connectivity index (χ4n) is 1.70. The predicted molar refractivity (Wildman–Crippen MR) is 86.7 cm³/mol. The van der Waals surface area contributed by atoms with Crippen molar-refractivity contribution in [1.29, 1.82) is 0 Å². The number of rotatable bonds is 5. The quantitative estimate of drug-likeness (QED) is 0.657. The molecule has 0 heterocycles. The number of hydrogen-bond donors (Lipinski definition) is 2. The lowest BCUT2D eigenvalue weighted by atomic mass is 10.2. The minimum Gasteiger partial charge on any atom is -0.492 e. The van der Waals surface area contributed by atoms with Gasteiger partial charge in [-0.3, -0.25) is 0 Å². The van der Waals surface area contributed by atoms with Gasteiger partial charge in [0.05, 0.1) is 13.1 Å². The minimum absolute atomic E-state index is 0.251. The van der Waals surface area contributed by atoms with E-state index in [1.807, 2.05) is 60.7 Å². The average Bonchev–Trinajstić information content (AvgIpc) is 2.57. The molecule has 0 aliphatic rings. The lowest BCUT2D eigenvalue weighted by Crippen LogP contribution is -2.37. The molecule has 0 unspecified atom stereocenters. The average molecular weight is 294 g/mol. The third-order valence-corrected chi connectivity index (χ3v) is 2.74. The number of hydrogen-bond acceptors (Lipinski definition) is 2. The summed E-state index contributed by atoms with van der Waals surface area (Å²) < 4.78 is 5.47. The minimum atomic E-state index is -0.251. The molecule has 112 valence electrons. The molecule has 0 radical (unpaired) electrons. The summed E-state index contributed by atoms with van der Waals surface area (Å²) in [7, 11) is 0. The van der Waals surface area contributed by atoms with E-state index in [1.165, 1.54) is 0 Å². The molecule has 2 N–H and O–H groups in total. The van der Waals surface area contributed by atoms with Gasteiger partial charge in [0, 0.05) is 5.56 Å². The number of amides is 2. The van der Waals surface area contributed by atoms with E-state index in [4.69, 9.17) is 4.74 Å². The molecule has 2 aromatic rings. The van der Waals surface area contributed by atoms with Crippen LogP contribution in [0.4, 0.5) is 4.79 Å². The SMILES string of the molecule is O=C(NCC#Cc1ccccc1)NCCOc1ccccc1. The number of nitrogens with one attached hydrogen (secondary N) is 2. The standard InChI is InChI=1S/C18H18N2O2/c21-18(19-13-7-10-16-8-3-1-4-9-16)20-14-15-22-17-11-5-2-6-12-17/h1-6,8-9,11-12H,13-15H2,(H2,19,20,21). The number of para-hydroxylation sites is 1. The molecule has 2 aromatic carbocycles. The third-order valence-electron chi connectivity index (χ3n) is 2.74. The van der Waals surface area contributed by atoms with Gasteiger partial charge in [0.25, 0.3) is 0 Å². The molecule has 4 heteroatoms. The van der Waals surface area contributed by atoms with Crippen LogP contribution in [-0.4, -0.2) is 25.7 Å². The van der Waals surface area contributed by atoms with Crippen LogP contribution >= 0.6 is 0 Å². The smallest absolute Gasteiger partial charge is 0.315 e. The normalized spacial score (nSPS) is 9.27. The van der Waals surface area contributed by atoms with Crippen LogP contribution < -0.4 is 15.4 Å². The van der Waals surface area contributed by atoms with Crippen molar-refractivity contribution in [3.05, 3.63) is 66.2 Å². The van der Waals surface area contributed by atoms with Gasteiger partial charge < -0.3 is 15.4 Å². The zero-order valence-corrected chi connectivity index (χ0v) is 12.2. The largest absolute Gasteiger partial charge is 0.492 e. The van der Waals surface area contributed by atoms with Gasteiger partial charge in [-0.05, 0) is 24.3 Å². The van der Waals surface area contributed by atoms with Crippen LogP contribution in [-0.2, 0) is 0 Å². The van der Waals surface area contributed by atoms with E-state index >= 15 is 0 Å². The molecule has 4 nitrogen and oxygen atoms in total. The van der Waals surface area contributed by atoms with Crippen molar-refractivity contribution in [3.8, 4) is 17.6 Å². The Morgan fingerprint density at radius 3 is 2.36 bits per heavy atom. The van der Waals surface area contributed by atoms with Crippen molar-refractivity contribution in [3.63, 3.8) is 0 Å². The van der Waals surface area contributed by atoms with Crippen molar-refractivity contribution in [2.24, 2.45) is 0 Å². The first-order valence-electron chi connectivity index (χ1n) is 7.08. The van der Waals surface area contributed by atoms with Crippen molar-refractivity contribution >= 4 is 6.03 Å². The summed E-state index contributed by atoms with van der Waals surface area (Å²) >= 11 is 0. The summed E-state index contributed by atoms with van der Waals surface area (Å²) in [5, 5.41) is 5.38. The summed E-state index contributed by atoms with van der Waals surface area (Å²) in [6.07, 6.45) is 0. The Labute approximate surface area is 130 Å². The third kappa shape index (κ3) is 6.02. The molecule has 0 bridgehead atoms. The first-order chi connectivity index (χ1) is 10.8. The number of ether oxygens (including phenoxy) is 1. The molecule has 2 rings (SSSR count). The van der Waals surface area contributed by atoms with Crippen molar-refractivity contribution < 1.29 is 9.53 Å². The second kappa shape index (κ2) is 9.09. The molecule has 0 aliphatic heterocycles. The van der Waals surface area contributed by atoms with Gasteiger partial charge in [-0.15, -0.1) is 0 Å². The van der Waals surface area contributed by atoms with Gasteiger partial charge in [-0.25, -0.2) is 4.79 Å². The fraction of sp³-hybridized carbons (Fsp3) is 0.167. The van der Waals surface area contributed by atoms with Gasteiger partial charge in [0.15, 0.2) is 0 Å². The summed E-state index contributed by atoms with van der Waals surface area (Å²) in [6, 6.07) is 18.9. The molecule has 2 amide bonds. The Morgan fingerprint density at radius 1 is 0.955 bits per heavy atom. The van der Waals surface area contributed by atoms with Crippen LogP contribution in [0.3, 0.4) is 0 Å². The number of urea groups is 1. The lowest BCUT2D eigenvalue weighted by Gasteiger charge is -2.07. The van der Waals surface area contributed by atoms with Crippen LogP contribution in [0.2, 0.25) is 0 Å². The maximum absolute atomic E-state index is 11.5. The molecule has 0 spiro atoms. The molecule has 0 saturated heterocycles. The van der Waals surface area contributed by atoms with Crippen molar-refractivity contribution in [2.75, 3.05) is 19.7 Å². The first-order valence-corrected chi connectivity index (χ1v) is 7.08. The van der Waals surface area contributed by atoms with E-state index in [0.29, 0.717) is 19.7 Å². The Hall–Kier alpha value is -2.93. The van der Waals surface area contributed by atoms with E-state index in [9.17, 15) is 4.79 Å². The predicted octanol–water partition coefficient (Wildman–Crippen LogP) is 2.42. The van der Waals surface area contributed by atoms with Crippen LogP contribution in [0.1, 0.15) is 5.56 Å². The van der Waals surface area contributed by atoms with Crippen molar-refractivity contribution in [1.82, 2.24) is 10.6 Å². The molecule has 0 atom stereocenters. The number of benzene rings is 2. The van der Waals surface area contributed by atoms with Gasteiger partial charge in [0.2, 0.25) is 0 Å². The molecule has 0 aromatic heterocycles. The highest BCUT2D eigenvalue weighted by Crippen LogP contribution is 2.07. The van der Waals surface area contributed by atoms with E-state index < -0.39 is 0 Å². The second-order valence-corrected chi connectivity index (χ2v) is 4.44. The number of carbonyl (C=O) groups is 1. The zero-order chi connectivity index (χ0) is 15.5. The molecule has 0 fully saturated rings. The van der Waals surface area contributed by atoms with E-state index in [0.717, 1.165) is 11.3 Å². The molecule has 0 saturated carbocycles.